The molecule has 2 aliphatic rings. The van der Waals surface area contributed by atoms with Crippen LogP contribution in [0.2, 0.25) is 0 Å². The maximum Gasteiger partial charge on any atom is 0.293 e. The molecule has 1 unspecified atom stereocenters. The van der Waals surface area contributed by atoms with Gasteiger partial charge in [-0.3, -0.25) is 19.7 Å². The van der Waals surface area contributed by atoms with E-state index < -0.39 is 10.8 Å². The van der Waals surface area contributed by atoms with Crippen molar-refractivity contribution >= 4 is 23.2 Å². The number of morpholine rings is 1. The molecular weight excluding hydrogens is 376 g/mol. The molecule has 0 bridgehead atoms. The highest BCUT2D eigenvalue weighted by atomic mass is 16.6. The third kappa shape index (κ3) is 5.03. The number of likely N-dealkylation sites (N-methyl/N-ethyl adjacent to an activating group) is 1. The lowest BCUT2D eigenvalue weighted by molar-refractivity contribution is -0.384. The summed E-state index contributed by atoms with van der Waals surface area (Å²) < 4.78 is 5.23. The Balaban J connectivity index is 1.73. The molecule has 2 saturated heterocycles. The highest BCUT2D eigenvalue weighted by Crippen LogP contribution is 2.32. The number of nitrogens with zero attached hydrogens (tertiary/aromatic N) is 4. The summed E-state index contributed by atoms with van der Waals surface area (Å²) >= 11 is 0. The lowest BCUT2D eigenvalue weighted by Crippen LogP contribution is -2.46. The Hall–Kier alpha value is -2.68. The number of rotatable bonds is 5. The van der Waals surface area contributed by atoms with Crippen LogP contribution in [0, 0.1) is 16.0 Å². The van der Waals surface area contributed by atoms with E-state index in [1.54, 1.807) is 17.0 Å². The van der Waals surface area contributed by atoms with Crippen LogP contribution in [0.15, 0.2) is 18.2 Å². The number of anilines is 1. The van der Waals surface area contributed by atoms with Gasteiger partial charge in [-0.2, -0.15) is 0 Å². The molecule has 9 nitrogen and oxygen atoms in total. The van der Waals surface area contributed by atoms with Gasteiger partial charge in [-0.25, -0.2) is 0 Å². The summed E-state index contributed by atoms with van der Waals surface area (Å²) in [6.07, 6.45) is 2.11. The van der Waals surface area contributed by atoms with Crippen molar-refractivity contribution in [3.8, 4) is 0 Å². The van der Waals surface area contributed by atoms with Crippen LogP contribution >= 0.6 is 0 Å². The fourth-order valence-corrected chi connectivity index (χ4v) is 3.89. The second kappa shape index (κ2) is 9.21. The third-order valence-corrected chi connectivity index (χ3v) is 5.50. The molecule has 0 N–H and O–H groups in total. The number of carbonyl (C=O) groups is 2. The zero-order valence-corrected chi connectivity index (χ0v) is 17.0. The van der Waals surface area contributed by atoms with Gasteiger partial charge in [0.2, 0.25) is 5.91 Å². The van der Waals surface area contributed by atoms with Crippen LogP contribution in [-0.2, 0) is 9.53 Å². The minimum Gasteiger partial charge on any atom is -0.378 e. The molecule has 9 heteroatoms. The zero-order chi connectivity index (χ0) is 21.0. The standard InChI is InChI=1S/C20H28N4O5/c1-15-4-3-7-23(13-15)17-6-5-16(12-18(17)24(27)28)20(26)21(2)14-19(25)22-8-10-29-11-9-22/h5-6,12,15H,3-4,7-11,13-14H2,1-2H3. The van der Waals surface area contributed by atoms with Gasteiger partial charge in [-0.1, -0.05) is 6.92 Å². The molecule has 3 rings (SSSR count). The fourth-order valence-electron chi connectivity index (χ4n) is 3.89. The maximum atomic E-state index is 12.8. The van der Waals surface area contributed by atoms with Crippen molar-refractivity contribution in [3.05, 3.63) is 33.9 Å². The van der Waals surface area contributed by atoms with Crippen molar-refractivity contribution in [2.24, 2.45) is 5.92 Å². The summed E-state index contributed by atoms with van der Waals surface area (Å²) in [6, 6.07) is 4.59. The molecule has 2 aliphatic heterocycles. The first-order valence-electron chi connectivity index (χ1n) is 10.0. The molecule has 2 heterocycles. The van der Waals surface area contributed by atoms with Crippen LogP contribution in [0.25, 0.3) is 0 Å². The van der Waals surface area contributed by atoms with Crippen molar-refractivity contribution in [2.75, 3.05) is 57.9 Å². The van der Waals surface area contributed by atoms with Crippen molar-refractivity contribution in [1.82, 2.24) is 9.80 Å². The van der Waals surface area contributed by atoms with E-state index >= 15 is 0 Å². The Bertz CT molecular complexity index is 778. The molecule has 1 atom stereocenters. The minimum atomic E-state index is -0.440. The number of hydrogen-bond donors (Lipinski definition) is 0. The number of piperidine rings is 1. The van der Waals surface area contributed by atoms with E-state index in [-0.39, 0.29) is 23.7 Å². The second-order valence-electron chi connectivity index (χ2n) is 7.81. The average Bonchev–Trinajstić information content (AvgIpc) is 2.73. The van der Waals surface area contributed by atoms with Gasteiger partial charge in [-0.15, -0.1) is 0 Å². The number of carbonyl (C=O) groups excluding carboxylic acids is 2. The Morgan fingerprint density at radius 2 is 2.00 bits per heavy atom. The molecule has 0 saturated carbocycles. The summed E-state index contributed by atoms with van der Waals surface area (Å²) in [5.41, 5.74) is 0.686. The normalized spacial score (nSPS) is 19.7. The van der Waals surface area contributed by atoms with E-state index in [9.17, 15) is 19.7 Å². The first-order chi connectivity index (χ1) is 13.9. The molecule has 1 aromatic rings. The Morgan fingerprint density at radius 3 is 2.66 bits per heavy atom. The zero-order valence-electron chi connectivity index (χ0n) is 17.0. The number of ether oxygens (including phenoxy) is 1. The highest BCUT2D eigenvalue weighted by molar-refractivity contribution is 5.97. The van der Waals surface area contributed by atoms with Crippen LogP contribution in [0.3, 0.4) is 0 Å². The van der Waals surface area contributed by atoms with Gasteiger partial charge in [-0.05, 0) is 30.9 Å². The summed E-state index contributed by atoms with van der Waals surface area (Å²) in [5, 5.41) is 11.7. The molecule has 158 valence electrons. The van der Waals surface area contributed by atoms with E-state index in [0.29, 0.717) is 37.9 Å². The first-order valence-corrected chi connectivity index (χ1v) is 10.0. The number of nitro groups is 1. The molecule has 0 spiro atoms. The van der Waals surface area contributed by atoms with Gasteiger partial charge in [0.05, 0.1) is 24.7 Å². The maximum absolute atomic E-state index is 12.8. The van der Waals surface area contributed by atoms with E-state index in [2.05, 4.69) is 6.92 Å². The van der Waals surface area contributed by atoms with Crippen LogP contribution in [0.4, 0.5) is 11.4 Å². The summed E-state index contributed by atoms with van der Waals surface area (Å²) in [5.74, 6) is -0.0900. The van der Waals surface area contributed by atoms with Crippen LogP contribution in [0.1, 0.15) is 30.1 Å². The van der Waals surface area contributed by atoms with Crippen molar-refractivity contribution in [1.29, 1.82) is 0 Å². The van der Waals surface area contributed by atoms with Gasteiger partial charge < -0.3 is 19.4 Å². The van der Waals surface area contributed by atoms with E-state index in [1.807, 2.05) is 4.90 Å². The van der Waals surface area contributed by atoms with Crippen molar-refractivity contribution in [2.45, 2.75) is 19.8 Å². The Labute approximate surface area is 170 Å². The quantitative estimate of drug-likeness (QED) is 0.548. The SMILES string of the molecule is CC1CCCN(c2ccc(C(=O)N(C)CC(=O)N3CCOCC3)cc2[N+](=O)[O-])C1. The molecule has 2 amide bonds. The predicted octanol–water partition coefficient (Wildman–Crippen LogP) is 1.76. The minimum absolute atomic E-state index is 0.0714. The largest absolute Gasteiger partial charge is 0.378 e. The first kappa shape index (κ1) is 21.0. The molecule has 0 radical (unpaired) electrons. The summed E-state index contributed by atoms with van der Waals surface area (Å²) in [4.78, 5) is 41.3. The lowest BCUT2D eigenvalue weighted by Gasteiger charge is -2.32. The van der Waals surface area contributed by atoms with Gasteiger partial charge in [0.15, 0.2) is 0 Å². The monoisotopic (exact) mass is 404 g/mol. The predicted molar refractivity (Wildman–Crippen MR) is 108 cm³/mol. The molecular formula is C20H28N4O5. The van der Waals surface area contributed by atoms with Gasteiger partial charge in [0.1, 0.15) is 5.69 Å². The number of nitro benzene ring substituents is 1. The van der Waals surface area contributed by atoms with Gasteiger partial charge in [0, 0.05) is 44.9 Å². The topological polar surface area (TPSA) is 96.2 Å². The highest BCUT2D eigenvalue weighted by Gasteiger charge is 2.27. The Kier molecular flexibility index (Phi) is 6.68. The summed E-state index contributed by atoms with van der Waals surface area (Å²) in [7, 11) is 1.53. The third-order valence-electron chi connectivity index (χ3n) is 5.50. The molecule has 1 aromatic carbocycles. The van der Waals surface area contributed by atoms with Crippen molar-refractivity contribution in [3.63, 3.8) is 0 Å². The molecule has 0 aromatic heterocycles. The number of benzene rings is 1. The van der Waals surface area contributed by atoms with Gasteiger partial charge in [0.25, 0.3) is 11.6 Å². The van der Waals surface area contributed by atoms with Crippen LogP contribution in [0.5, 0.6) is 0 Å². The van der Waals surface area contributed by atoms with E-state index in [0.717, 1.165) is 25.9 Å². The summed E-state index contributed by atoms with van der Waals surface area (Å²) in [6.45, 7) is 5.60. The smallest absolute Gasteiger partial charge is 0.293 e. The molecule has 2 fully saturated rings. The molecule has 0 aliphatic carbocycles. The van der Waals surface area contributed by atoms with E-state index in [1.165, 1.54) is 18.0 Å². The second-order valence-corrected chi connectivity index (χ2v) is 7.81. The lowest BCUT2D eigenvalue weighted by atomic mass is 9.99. The fraction of sp³-hybridized carbons (Fsp3) is 0.600. The van der Waals surface area contributed by atoms with Crippen LogP contribution in [-0.4, -0.2) is 79.5 Å². The Morgan fingerprint density at radius 1 is 1.28 bits per heavy atom. The average molecular weight is 404 g/mol. The van der Waals surface area contributed by atoms with Crippen LogP contribution < -0.4 is 4.90 Å². The molecule has 29 heavy (non-hydrogen) atoms. The number of amides is 2. The van der Waals surface area contributed by atoms with Crippen molar-refractivity contribution < 1.29 is 19.2 Å². The number of hydrogen-bond acceptors (Lipinski definition) is 6. The van der Waals surface area contributed by atoms with Gasteiger partial charge >= 0.3 is 0 Å². The van der Waals surface area contributed by atoms with E-state index in [4.69, 9.17) is 4.74 Å².